The number of carbonyl (C=O) groups is 1. The van der Waals surface area contributed by atoms with Crippen molar-refractivity contribution in [2.75, 3.05) is 24.4 Å². The van der Waals surface area contributed by atoms with Gasteiger partial charge in [-0.1, -0.05) is 24.3 Å². The minimum absolute atomic E-state index is 0.0477. The zero-order chi connectivity index (χ0) is 24.5. The van der Waals surface area contributed by atoms with Crippen molar-refractivity contribution in [3.8, 4) is 17.2 Å². The number of halogens is 1. The highest BCUT2D eigenvalue weighted by molar-refractivity contribution is 9.10. The minimum atomic E-state index is -0.401. The molecule has 0 amide bonds. The van der Waals surface area contributed by atoms with E-state index in [-0.39, 0.29) is 17.5 Å². The van der Waals surface area contributed by atoms with Gasteiger partial charge < -0.3 is 25.2 Å². The number of Topliss-reactive ketones (excluding diaryl/α,β-unsaturated/α-hetero) is 1. The fraction of sp³-hybridized carbons (Fsp3) is 0.250. The maximum atomic E-state index is 13.7. The zero-order valence-corrected chi connectivity index (χ0v) is 21.2. The third-order valence-corrected chi connectivity index (χ3v) is 7.18. The first-order valence-corrected chi connectivity index (χ1v) is 12.5. The molecule has 3 N–H and O–H groups in total. The number of para-hydroxylation sites is 2. The molecule has 0 unspecified atom stereocenters. The fourth-order valence-electron chi connectivity index (χ4n) is 4.88. The predicted octanol–water partition coefficient (Wildman–Crippen LogP) is 6.54. The monoisotopic (exact) mass is 534 g/mol. The summed E-state index contributed by atoms with van der Waals surface area (Å²) in [4.78, 5) is 13.7. The second kappa shape index (κ2) is 9.66. The van der Waals surface area contributed by atoms with Crippen molar-refractivity contribution in [2.24, 2.45) is 0 Å². The van der Waals surface area contributed by atoms with Crippen LogP contribution in [0.15, 0.2) is 76.4 Å². The Balaban J connectivity index is 1.60. The van der Waals surface area contributed by atoms with E-state index in [1.807, 2.05) is 67.6 Å². The molecular weight excluding hydrogens is 508 g/mol. The summed E-state index contributed by atoms with van der Waals surface area (Å²) in [5, 5.41) is 17.6. The first-order valence-electron chi connectivity index (χ1n) is 11.7. The molecule has 5 rings (SSSR count). The van der Waals surface area contributed by atoms with Gasteiger partial charge >= 0.3 is 0 Å². The number of allylic oxidation sites excluding steroid dienone is 1. The molecule has 6 nitrogen and oxygen atoms in total. The number of nitrogens with one attached hydrogen (secondary N) is 2. The molecule has 0 saturated heterocycles. The average Bonchev–Trinajstić information content (AvgIpc) is 3.04. The van der Waals surface area contributed by atoms with Gasteiger partial charge in [0.1, 0.15) is 5.75 Å². The second-order valence-corrected chi connectivity index (χ2v) is 9.58. The molecule has 0 spiro atoms. The van der Waals surface area contributed by atoms with Crippen LogP contribution in [0.4, 0.5) is 11.4 Å². The van der Waals surface area contributed by atoms with E-state index in [1.54, 1.807) is 7.11 Å². The van der Waals surface area contributed by atoms with Crippen molar-refractivity contribution in [3.05, 3.63) is 87.5 Å². The standard InChI is InChI=1S/C28H27BrN2O4/c1-3-35-25-15-18(12-20(29)28(25)33)27-26-23(30-21-6-4-5-7-22(21)31-27)13-17(14-24(26)32)16-8-10-19(34-2)11-9-16/h4-12,15,17,27,30-31,33H,3,13-14H2,1-2H3/t17-,27-/m0/s1. The highest BCUT2D eigenvalue weighted by atomic mass is 79.9. The number of benzene rings is 3. The molecule has 1 heterocycles. The number of carbonyl (C=O) groups excluding carboxylic acids is 1. The second-order valence-electron chi connectivity index (χ2n) is 8.72. The summed E-state index contributed by atoms with van der Waals surface area (Å²) in [6.45, 7) is 2.29. The number of methoxy groups -OCH3 is 1. The van der Waals surface area contributed by atoms with Crippen LogP contribution in [-0.4, -0.2) is 24.6 Å². The van der Waals surface area contributed by atoms with Crippen LogP contribution in [0.3, 0.4) is 0 Å². The van der Waals surface area contributed by atoms with Crippen molar-refractivity contribution >= 4 is 33.1 Å². The van der Waals surface area contributed by atoms with E-state index in [1.165, 1.54) is 0 Å². The van der Waals surface area contributed by atoms with Gasteiger partial charge in [-0.3, -0.25) is 4.79 Å². The SMILES string of the molecule is CCOc1cc([C@@H]2Nc3ccccc3NC3=C2C(=O)C[C@@H](c2ccc(OC)cc2)C3)cc(Br)c1O. The maximum Gasteiger partial charge on any atom is 0.172 e. The Bertz CT molecular complexity index is 1300. The molecule has 0 radical (unpaired) electrons. The smallest absolute Gasteiger partial charge is 0.172 e. The lowest BCUT2D eigenvalue weighted by Gasteiger charge is -2.30. The van der Waals surface area contributed by atoms with Crippen LogP contribution in [0, 0.1) is 0 Å². The third kappa shape index (κ3) is 4.48. The van der Waals surface area contributed by atoms with Crippen LogP contribution >= 0.6 is 15.9 Å². The lowest BCUT2D eigenvalue weighted by atomic mass is 9.78. The third-order valence-electron chi connectivity index (χ3n) is 6.58. The van der Waals surface area contributed by atoms with E-state index in [9.17, 15) is 9.90 Å². The van der Waals surface area contributed by atoms with Crippen molar-refractivity contribution in [2.45, 2.75) is 31.7 Å². The summed E-state index contributed by atoms with van der Waals surface area (Å²) in [5.74, 6) is 1.38. The summed E-state index contributed by atoms with van der Waals surface area (Å²) < 4.78 is 11.5. The van der Waals surface area contributed by atoms with Crippen molar-refractivity contribution in [1.29, 1.82) is 0 Å². The zero-order valence-electron chi connectivity index (χ0n) is 19.6. The topological polar surface area (TPSA) is 79.8 Å². The summed E-state index contributed by atoms with van der Waals surface area (Å²) in [6, 6.07) is 19.1. The molecule has 0 bridgehead atoms. The summed E-state index contributed by atoms with van der Waals surface area (Å²) in [7, 11) is 1.65. The Labute approximate surface area is 213 Å². The van der Waals surface area contributed by atoms with Crippen LogP contribution in [-0.2, 0) is 4.79 Å². The van der Waals surface area contributed by atoms with Crippen molar-refractivity contribution in [3.63, 3.8) is 0 Å². The normalized spacial score (nSPS) is 19.1. The molecule has 2 atom stereocenters. The van der Waals surface area contributed by atoms with Crippen molar-refractivity contribution < 1.29 is 19.4 Å². The number of rotatable bonds is 5. The van der Waals surface area contributed by atoms with Gasteiger partial charge in [-0.25, -0.2) is 0 Å². The first kappa shape index (κ1) is 23.3. The maximum absolute atomic E-state index is 13.7. The van der Waals surface area contributed by atoms with E-state index in [4.69, 9.17) is 9.47 Å². The number of ketones is 1. The summed E-state index contributed by atoms with van der Waals surface area (Å²) in [5.41, 5.74) is 5.40. The van der Waals surface area contributed by atoms with E-state index in [0.717, 1.165) is 33.9 Å². The van der Waals surface area contributed by atoms with E-state index in [0.29, 0.717) is 35.2 Å². The largest absolute Gasteiger partial charge is 0.503 e. The number of aromatic hydroxyl groups is 1. The summed E-state index contributed by atoms with van der Waals surface area (Å²) in [6.07, 6.45) is 1.12. The lowest BCUT2D eigenvalue weighted by Crippen LogP contribution is -2.27. The molecule has 180 valence electrons. The van der Waals surface area contributed by atoms with E-state index in [2.05, 4.69) is 26.6 Å². The van der Waals surface area contributed by atoms with Gasteiger partial charge in [-0.15, -0.1) is 0 Å². The van der Waals surface area contributed by atoms with Crippen LogP contribution in [0.1, 0.15) is 42.9 Å². The van der Waals surface area contributed by atoms with Crippen LogP contribution in [0.25, 0.3) is 0 Å². The molecule has 3 aromatic rings. The van der Waals surface area contributed by atoms with Crippen LogP contribution in [0.2, 0.25) is 0 Å². The number of anilines is 2. The molecule has 0 aromatic heterocycles. The van der Waals surface area contributed by atoms with Gasteiger partial charge in [0.05, 0.1) is 35.6 Å². The quantitative estimate of drug-likeness (QED) is 0.344. The molecular formula is C28H27BrN2O4. The van der Waals surface area contributed by atoms with E-state index < -0.39 is 6.04 Å². The number of fused-ring (bicyclic) bond motifs is 1. The molecule has 1 aliphatic carbocycles. The average molecular weight is 535 g/mol. The first-order chi connectivity index (χ1) is 17.0. The van der Waals surface area contributed by atoms with Gasteiger partial charge in [-0.05, 0) is 82.7 Å². The number of phenols is 1. The molecule has 1 aliphatic heterocycles. The van der Waals surface area contributed by atoms with Gasteiger partial charge in [0.2, 0.25) is 0 Å². The predicted molar refractivity (Wildman–Crippen MR) is 140 cm³/mol. The summed E-state index contributed by atoms with van der Waals surface area (Å²) >= 11 is 3.46. The molecule has 3 aromatic carbocycles. The molecule has 2 aliphatic rings. The van der Waals surface area contributed by atoms with Gasteiger partial charge in [0, 0.05) is 17.7 Å². The van der Waals surface area contributed by atoms with Crippen LogP contribution in [0.5, 0.6) is 17.2 Å². The molecule has 7 heteroatoms. The fourth-order valence-corrected chi connectivity index (χ4v) is 5.34. The Kier molecular flexibility index (Phi) is 6.43. The van der Waals surface area contributed by atoms with Gasteiger partial charge in [0.15, 0.2) is 17.3 Å². The number of phenolic OH excluding ortho intramolecular Hbond substituents is 1. The van der Waals surface area contributed by atoms with Crippen molar-refractivity contribution in [1.82, 2.24) is 0 Å². The number of hydrogen-bond acceptors (Lipinski definition) is 6. The molecule has 0 fully saturated rings. The highest BCUT2D eigenvalue weighted by Gasteiger charge is 2.36. The minimum Gasteiger partial charge on any atom is -0.503 e. The Morgan fingerprint density at radius 1 is 1.03 bits per heavy atom. The van der Waals surface area contributed by atoms with Gasteiger partial charge in [-0.2, -0.15) is 0 Å². The molecule has 35 heavy (non-hydrogen) atoms. The van der Waals surface area contributed by atoms with Crippen LogP contribution < -0.4 is 20.1 Å². The van der Waals surface area contributed by atoms with Gasteiger partial charge in [0.25, 0.3) is 0 Å². The Hall–Kier alpha value is -3.45. The number of hydrogen-bond donors (Lipinski definition) is 3. The highest BCUT2D eigenvalue weighted by Crippen LogP contribution is 2.46. The number of ether oxygens (including phenoxy) is 2. The Morgan fingerprint density at radius 2 is 1.77 bits per heavy atom. The lowest BCUT2D eigenvalue weighted by molar-refractivity contribution is -0.116. The molecule has 0 saturated carbocycles. The Morgan fingerprint density at radius 3 is 2.49 bits per heavy atom. The van der Waals surface area contributed by atoms with E-state index >= 15 is 0 Å².